The molecule has 7 heteroatoms. The first-order valence-electron chi connectivity index (χ1n) is 6.34. The van der Waals surface area contributed by atoms with Gasteiger partial charge in [-0.15, -0.1) is 0 Å². The lowest BCUT2D eigenvalue weighted by molar-refractivity contribution is 0.102. The number of benzene rings is 1. The fraction of sp³-hybridized carbons (Fsp3) is 0.214. The predicted molar refractivity (Wildman–Crippen MR) is 79.6 cm³/mol. The van der Waals surface area contributed by atoms with Crippen molar-refractivity contribution in [3.63, 3.8) is 0 Å². The Hall–Kier alpha value is -2.83. The minimum Gasteiger partial charge on any atom is -0.409 e. The van der Waals surface area contributed by atoms with Gasteiger partial charge in [-0.05, 0) is 26.0 Å². The van der Waals surface area contributed by atoms with E-state index in [9.17, 15) is 4.79 Å². The van der Waals surface area contributed by atoms with Gasteiger partial charge in [0.05, 0.1) is 16.9 Å². The number of amidine groups is 1. The van der Waals surface area contributed by atoms with E-state index in [-0.39, 0.29) is 11.7 Å². The van der Waals surface area contributed by atoms with Crippen molar-refractivity contribution < 1.29 is 10.0 Å². The lowest BCUT2D eigenvalue weighted by atomic mass is 10.1. The van der Waals surface area contributed by atoms with Gasteiger partial charge in [0, 0.05) is 18.3 Å². The molecule has 0 aliphatic heterocycles. The average Bonchev–Trinajstić information content (AvgIpc) is 2.71. The van der Waals surface area contributed by atoms with E-state index in [2.05, 4.69) is 15.6 Å². The zero-order valence-corrected chi connectivity index (χ0v) is 12.1. The van der Waals surface area contributed by atoms with Crippen molar-refractivity contribution >= 4 is 17.4 Å². The maximum atomic E-state index is 12.4. The predicted octanol–water partition coefficient (Wildman–Crippen LogP) is 1.38. The summed E-state index contributed by atoms with van der Waals surface area (Å²) in [5.41, 5.74) is 8.47. The fourth-order valence-electron chi connectivity index (χ4n) is 2.16. The monoisotopic (exact) mass is 287 g/mol. The zero-order valence-electron chi connectivity index (χ0n) is 12.1. The standard InChI is InChI=1S/C14H17N5O2/c1-8-12(9(2)19(3)17-8)14(20)16-11-7-5-4-6-10(11)13(15)18-21/h4-7,21H,1-3H3,(H2,15,18)(H,16,20). The first kappa shape index (κ1) is 14.6. The molecule has 0 saturated heterocycles. The molecule has 0 saturated carbocycles. The molecule has 0 spiro atoms. The van der Waals surface area contributed by atoms with E-state index in [1.807, 2.05) is 6.92 Å². The van der Waals surface area contributed by atoms with Crippen molar-refractivity contribution in [2.75, 3.05) is 5.32 Å². The molecule has 1 amide bonds. The third-order valence-electron chi connectivity index (χ3n) is 3.30. The highest BCUT2D eigenvalue weighted by Gasteiger charge is 2.18. The van der Waals surface area contributed by atoms with Crippen LogP contribution in [0, 0.1) is 13.8 Å². The Kier molecular flexibility index (Phi) is 3.93. The quantitative estimate of drug-likeness (QED) is 0.343. The Bertz CT molecular complexity index is 718. The van der Waals surface area contributed by atoms with Crippen LogP contribution < -0.4 is 11.1 Å². The molecule has 0 bridgehead atoms. The molecule has 2 rings (SSSR count). The van der Waals surface area contributed by atoms with Crippen LogP contribution in [0.2, 0.25) is 0 Å². The molecule has 0 aliphatic carbocycles. The van der Waals surface area contributed by atoms with Gasteiger partial charge in [-0.25, -0.2) is 0 Å². The molecule has 21 heavy (non-hydrogen) atoms. The van der Waals surface area contributed by atoms with E-state index in [1.165, 1.54) is 0 Å². The lowest BCUT2D eigenvalue weighted by Crippen LogP contribution is -2.20. The van der Waals surface area contributed by atoms with Gasteiger partial charge in [-0.3, -0.25) is 9.48 Å². The van der Waals surface area contributed by atoms with Crippen LogP contribution in [0.4, 0.5) is 5.69 Å². The molecule has 7 nitrogen and oxygen atoms in total. The van der Waals surface area contributed by atoms with Crippen LogP contribution in [0.1, 0.15) is 27.3 Å². The number of nitrogens with zero attached hydrogens (tertiary/aromatic N) is 3. The molecule has 0 aliphatic rings. The average molecular weight is 287 g/mol. The van der Waals surface area contributed by atoms with Crippen molar-refractivity contribution in [1.82, 2.24) is 9.78 Å². The highest BCUT2D eigenvalue weighted by molar-refractivity contribution is 6.10. The second-order valence-electron chi connectivity index (χ2n) is 4.65. The molecule has 4 N–H and O–H groups in total. The molecule has 2 aromatic rings. The van der Waals surface area contributed by atoms with Gasteiger partial charge in [-0.2, -0.15) is 5.10 Å². The van der Waals surface area contributed by atoms with E-state index in [0.717, 1.165) is 5.69 Å². The Labute approximate surface area is 122 Å². The van der Waals surface area contributed by atoms with Gasteiger partial charge in [0.15, 0.2) is 5.84 Å². The van der Waals surface area contributed by atoms with Crippen molar-refractivity contribution in [2.45, 2.75) is 13.8 Å². The van der Waals surface area contributed by atoms with Gasteiger partial charge < -0.3 is 16.3 Å². The summed E-state index contributed by atoms with van der Waals surface area (Å²) in [6, 6.07) is 6.84. The highest BCUT2D eigenvalue weighted by atomic mass is 16.4. The molecule has 0 radical (unpaired) electrons. The fourth-order valence-corrected chi connectivity index (χ4v) is 2.16. The number of nitrogens with two attached hydrogens (primary N) is 1. The number of nitrogens with one attached hydrogen (secondary N) is 1. The van der Waals surface area contributed by atoms with Gasteiger partial charge in [0.25, 0.3) is 5.91 Å². The number of para-hydroxylation sites is 1. The van der Waals surface area contributed by atoms with Crippen LogP contribution >= 0.6 is 0 Å². The number of carbonyl (C=O) groups excluding carboxylic acids is 1. The van der Waals surface area contributed by atoms with Crippen molar-refractivity contribution in [3.05, 3.63) is 46.8 Å². The van der Waals surface area contributed by atoms with Gasteiger partial charge in [0.2, 0.25) is 0 Å². The van der Waals surface area contributed by atoms with Gasteiger partial charge >= 0.3 is 0 Å². The van der Waals surface area contributed by atoms with Crippen LogP contribution in [0.3, 0.4) is 0 Å². The number of amides is 1. The summed E-state index contributed by atoms with van der Waals surface area (Å²) in [5, 5.41) is 18.7. The molecule has 0 fully saturated rings. The molecular formula is C14H17N5O2. The van der Waals surface area contributed by atoms with Crippen molar-refractivity contribution in [3.8, 4) is 0 Å². The summed E-state index contributed by atoms with van der Waals surface area (Å²) < 4.78 is 1.65. The number of anilines is 1. The van der Waals surface area contributed by atoms with Crippen LogP contribution in [0.25, 0.3) is 0 Å². The van der Waals surface area contributed by atoms with E-state index >= 15 is 0 Å². The summed E-state index contributed by atoms with van der Waals surface area (Å²) in [4.78, 5) is 12.4. The van der Waals surface area contributed by atoms with Gasteiger partial charge in [-0.1, -0.05) is 17.3 Å². The van der Waals surface area contributed by atoms with Crippen LogP contribution in [0.5, 0.6) is 0 Å². The number of rotatable bonds is 3. The molecule has 0 atom stereocenters. The third kappa shape index (κ3) is 2.71. The lowest BCUT2D eigenvalue weighted by Gasteiger charge is -2.10. The molecular weight excluding hydrogens is 270 g/mol. The smallest absolute Gasteiger partial charge is 0.259 e. The minimum absolute atomic E-state index is 0.0643. The first-order chi connectivity index (χ1) is 9.95. The number of hydrogen-bond acceptors (Lipinski definition) is 4. The largest absolute Gasteiger partial charge is 0.409 e. The van der Waals surface area contributed by atoms with Crippen molar-refractivity contribution in [2.24, 2.45) is 17.9 Å². The summed E-state index contributed by atoms with van der Waals surface area (Å²) in [5.74, 6) is -0.346. The Morgan fingerprint density at radius 3 is 2.62 bits per heavy atom. The maximum absolute atomic E-state index is 12.4. The number of carbonyl (C=O) groups is 1. The SMILES string of the molecule is Cc1nn(C)c(C)c1C(=O)Nc1ccccc1/C(N)=N/O. The minimum atomic E-state index is -0.281. The van der Waals surface area contributed by atoms with E-state index in [0.29, 0.717) is 22.5 Å². The highest BCUT2D eigenvalue weighted by Crippen LogP contribution is 2.18. The van der Waals surface area contributed by atoms with E-state index in [1.54, 1.807) is 42.9 Å². The number of oxime groups is 1. The van der Waals surface area contributed by atoms with Crippen LogP contribution in [-0.4, -0.2) is 26.7 Å². The Morgan fingerprint density at radius 2 is 2.05 bits per heavy atom. The molecule has 1 heterocycles. The summed E-state index contributed by atoms with van der Waals surface area (Å²) in [6.45, 7) is 3.60. The van der Waals surface area contributed by atoms with E-state index in [4.69, 9.17) is 10.9 Å². The Balaban J connectivity index is 2.37. The number of aryl methyl sites for hydroxylation is 2. The number of aromatic nitrogens is 2. The summed E-state index contributed by atoms with van der Waals surface area (Å²) >= 11 is 0. The molecule has 110 valence electrons. The molecule has 1 aromatic heterocycles. The second-order valence-corrected chi connectivity index (χ2v) is 4.65. The normalized spacial score (nSPS) is 11.5. The van der Waals surface area contributed by atoms with Crippen molar-refractivity contribution in [1.29, 1.82) is 0 Å². The maximum Gasteiger partial charge on any atom is 0.259 e. The van der Waals surface area contributed by atoms with E-state index < -0.39 is 0 Å². The first-order valence-corrected chi connectivity index (χ1v) is 6.34. The summed E-state index contributed by atoms with van der Waals surface area (Å²) in [6.07, 6.45) is 0. The van der Waals surface area contributed by atoms with Gasteiger partial charge in [0.1, 0.15) is 0 Å². The second kappa shape index (κ2) is 5.66. The third-order valence-corrected chi connectivity index (χ3v) is 3.30. The number of hydrogen-bond donors (Lipinski definition) is 3. The zero-order chi connectivity index (χ0) is 15.6. The topological polar surface area (TPSA) is 106 Å². The molecule has 0 unspecified atom stereocenters. The van der Waals surface area contributed by atoms with Crippen LogP contribution in [0.15, 0.2) is 29.4 Å². The van der Waals surface area contributed by atoms with Crippen LogP contribution in [-0.2, 0) is 7.05 Å². The Morgan fingerprint density at radius 1 is 1.38 bits per heavy atom. The summed E-state index contributed by atoms with van der Waals surface area (Å²) in [7, 11) is 1.78. The molecule has 1 aromatic carbocycles.